The predicted octanol–water partition coefficient (Wildman–Crippen LogP) is 5.98. The van der Waals surface area contributed by atoms with Crippen molar-refractivity contribution in [2.24, 2.45) is 0 Å². The molecule has 5 heteroatoms. The monoisotopic (exact) mass is 365 g/mol. The van der Waals surface area contributed by atoms with Gasteiger partial charge in [-0.2, -0.15) is 0 Å². The topological polar surface area (TPSA) is 29.9 Å². The summed E-state index contributed by atoms with van der Waals surface area (Å²) in [7, 11) is 0. The Morgan fingerprint density at radius 3 is 2.60 bits per heavy atom. The maximum atomic E-state index is 6.52. The summed E-state index contributed by atoms with van der Waals surface area (Å²) in [5.41, 5.74) is 5.12. The summed E-state index contributed by atoms with van der Waals surface area (Å²) < 4.78 is 2.20. The van der Waals surface area contributed by atoms with Crippen LogP contribution in [0.4, 0.5) is 5.69 Å². The lowest BCUT2D eigenvalue weighted by molar-refractivity contribution is 0.669. The van der Waals surface area contributed by atoms with E-state index in [1.807, 2.05) is 42.5 Å². The summed E-state index contributed by atoms with van der Waals surface area (Å²) in [6.45, 7) is 0. The van der Waals surface area contributed by atoms with Crippen LogP contribution in [0.25, 0.3) is 22.4 Å². The van der Waals surface area contributed by atoms with Crippen LogP contribution in [0, 0.1) is 0 Å². The molecule has 3 nitrogen and oxygen atoms in total. The molecule has 0 aliphatic carbocycles. The van der Waals surface area contributed by atoms with Gasteiger partial charge in [-0.3, -0.25) is 4.57 Å². The number of rotatable bonds is 1. The zero-order valence-corrected chi connectivity index (χ0v) is 14.6. The number of aromatic nitrogens is 2. The Labute approximate surface area is 154 Å². The molecule has 0 radical (unpaired) electrons. The minimum absolute atomic E-state index is 0.151. The summed E-state index contributed by atoms with van der Waals surface area (Å²) in [6, 6.07) is 21.9. The van der Waals surface area contributed by atoms with Crippen molar-refractivity contribution in [2.45, 2.75) is 6.17 Å². The molecule has 1 aromatic heterocycles. The van der Waals surface area contributed by atoms with E-state index in [1.165, 1.54) is 0 Å². The van der Waals surface area contributed by atoms with Gasteiger partial charge >= 0.3 is 0 Å². The molecule has 0 fully saturated rings. The van der Waals surface area contributed by atoms with Gasteiger partial charge in [-0.15, -0.1) is 0 Å². The first kappa shape index (κ1) is 14.8. The highest BCUT2D eigenvalue weighted by molar-refractivity contribution is 6.35. The Morgan fingerprint density at radius 1 is 0.920 bits per heavy atom. The van der Waals surface area contributed by atoms with Crippen molar-refractivity contribution in [3.8, 4) is 11.4 Å². The number of benzene rings is 3. The number of nitrogens with zero attached hydrogens (tertiary/aromatic N) is 2. The molecule has 1 atom stereocenters. The maximum Gasteiger partial charge on any atom is 0.145 e. The van der Waals surface area contributed by atoms with Gasteiger partial charge in [0.15, 0.2) is 0 Å². The van der Waals surface area contributed by atoms with E-state index in [9.17, 15) is 0 Å². The average molecular weight is 366 g/mol. The maximum absolute atomic E-state index is 6.52. The number of para-hydroxylation sites is 3. The number of fused-ring (bicyclic) bond motifs is 5. The van der Waals surface area contributed by atoms with E-state index >= 15 is 0 Å². The van der Waals surface area contributed by atoms with Crippen LogP contribution in [-0.4, -0.2) is 9.55 Å². The molecule has 3 aromatic carbocycles. The van der Waals surface area contributed by atoms with Crippen molar-refractivity contribution in [2.75, 3.05) is 5.32 Å². The highest BCUT2D eigenvalue weighted by atomic mass is 35.5. The molecule has 122 valence electrons. The molecule has 0 bridgehead atoms. The Balaban J connectivity index is 1.83. The molecular weight excluding hydrogens is 353 g/mol. The number of anilines is 1. The van der Waals surface area contributed by atoms with E-state index in [0.29, 0.717) is 10.0 Å². The van der Waals surface area contributed by atoms with Crippen LogP contribution in [-0.2, 0) is 0 Å². The van der Waals surface area contributed by atoms with Gasteiger partial charge in [-0.05, 0) is 36.4 Å². The first-order chi connectivity index (χ1) is 12.2. The molecule has 2 heterocycles. The van der Waals surface area contributed by atoms with Crippen LogP contribution in [0.1, 0.15) is 11.7 Å². The lowest BCUT2D eigenvalue weighted by Crippen LogP contribution is -2.25. The fourth-order valence-corrected chi connectivity index (χ4v) is 3.96. The van der Waals surface area contributed by atoms with Gasteiger partial charge in [0.25, 0.3) is 0 Å². The van der Waals surface area contributed by atoms with Gasteiger partial charge in [-0.25, -0.2) is 4.98 Å². The van der Waals surface area contributed by atoms with E-state index < -0.39 is 0 Å². The highest BCUT2D eigenvalue weighted by Crippen LogP contribution is 2.42. The minimum atomic E-state index is -0.151. The van der Waals surface area contributed by atoms with Crippen LogP contribution in [0.3, 0.4) is 0 Å². The van der Waals surface area contributed by atoms with E-state index in [4.69, 9.17) is 28.2 Å². The van der Waals surface area contributed by atoms with Crippen molar-refractivity contribution in [1.82, 2.24) is 9.55 Å². The van der Waals surface area contributed by atoms with E-state index in [1.54, 1.807) is 6.07 Å². The van der Waals surface area contributed by atoms with Crippen molar-refractivity contribution in [3.63, 3.8) is 0 Å². The third-order valence-electron chi connectivity index (χ3n) is 4.57. The van der Waals surface area contributed by atoms with E-state index in [0.717, 1.165) is 33.7 Å². The fraction of sp³-hybridized carbons (Fsp3) is 0.0500. The van der Waals surface area contributed by atoms with Gasteiger partial charge in [0.05, 0.1) is 11.0 Å². The Bertz CT molecular complexity index is 1120. The second kappa shape index (κ2) is 5.51. The standard InChI is InChI=1S/C20H13Cl2N3/c21-12-9-10-13(15(22)11-12)19-23-16-6-2-1-5-14(16)20-24-17-7-3-4-8-18(17)25(19)20/h1-11,19,23H/t19-/m0/s1. The SMILES string of the molecule is Clc1ccc([C@H]2Nc3ccccc3-c3nc4ccccc4n32)c(Cl)c1. The molecule has 1 N–H and O–H groups in total. The molecule has 0 spiro atoms. The van der Waals surface area contributed by atoms with Crippen molar-refractivity contribution < 1.29 is 0 Å². The van der Waals surface area contributed by atoms with Gasteiger partial charge in [0.2, 0.25) is 0 Å². The molecule has 1 aliphatic heterocycles. The molecule has 1 aliphatic rings. The van der Waals surface area contributed by atoms with E-state index in [2.05, 4.69) is 28.1 Å². The van der Waals surface area contributed by atoms with Crippen LogP contribution in [0.5, 0.6) is 0 Å². The molecule has 0 saturated heterocycles. The minimum Gasteiger partial charge on any atom is -0.360 e. The zero-order valence-electron chi connectivity index (χ0n) is 13.1. The summed E-state index contributed by atoms with van der Waals surface area (Å²) in [5.74, 6) is 0.937. The molecular formula is C20H13Cl2N3. The second-order valence-corrected chi connectivity index (χ2v) is 6.90. The quantitative estimate of drug-likeness (QED) is 0.449. The molecule has 0 unspecified atom stereocenters. The van der Waals surface area contributed by atoms with Gasteiger partial charge in [-0.1, -0.05) is 53.5 Å². The lowest BCUT2D eigenvalue weighted by Gasteiger charge is -2.30. The third-order valence-corrected chi connectivity index (χ3v) is 5.13. The molecule has 4 aromatic rings. The van der Waals surface area contributed by atoms with Crippen molar-refractivity contribution in [3.05, 3.63) is 82.3 Å². The van der Waals surface area contributed by atoms with Crippen LogP contribution >= 0.6 is 23.2 Å². The number of nitrogens with one attached hydrogen (secondary N) is 1. The largest absolute Gasteiger partial charge is 0.360 e. The van der Waals surface area contributed by atoms with Crippen LogP contribution in [0.2, 0.25) is 10.0 Å². The molecule has 0 saturated carbocycles. The first-order valence-corrected chi connectivity index (χ1v) is 8.76. The summed E-state index contributed by atoms with van der Waals surface area (Å²) >= 11 is 12.6. The normalized spacial score (nSPS) is 15.5. The van der Waals surface area contributed by atoms with Gasteiger partial charge in [0, 0.05) is 26.9 Å². The smallest absolute Gasteiger partial charge is 0.145 e. The Hall–Kier alpha value is -2.49. The first-order valence-electron chi connectivity index (χ1n) is 8.00. The Kier molecular flexibility index (Phi) is 3.27. The molecule has 5 rings (SSSR count). The van der Waals surface area contributed by atoms with E-state index in [-0.39, 0.29) is 6.17 Å². The summed E-state index contributed by atoms with van der Waals surface area (Å²) in [6.07, 6.45) is -0.151. The lowest BCUT2D eigenvalue weighted by atomic mass is 10.1. The number of hydrogen-bond donors (Lipinski definition) is 1. The summed E-state index contributed by atoms with van der Waals surface area (Å²) in [4.78, 5) is 4.87. The van der Waals surface area contributed by atoms with Crippen molar-refractivity contribution in [1.29, 1.82) is 0 Å². The number of halogens is 2. The third kappa shape index (κ3) is 2.24. The number of hydrogen-bond acceptors (Lipinski definition) is 2. The van der Waals surface area contributed by atoms with Gasteiger partial charge < -0.3 is 5.32 Å². The van der Waals surface area contributed by atoms with Crippen LogP contribution < -0.4 is 5.32 Å². The van der Waals surface area contributed by atoms with Crippen LogP contribution in [0.15, 0.2) is 66.7 Å². The summed E-state index contributed by atoms with van der Waals surface area (Å²) in [5, 5.41) is 4.86. The average Bonchev–Trinajstić information content (AvgIpc) is 3.01. The Morgan fingerprint density at radius 2 is 1.72 bits per heavy atom. The van der Waals surface area contributed by atoms with Gasteiger partial charge in [0.1, 0.15) is 12.0 Å². The highest BCUT2D eigenvalue weighted by Gasteiger charge is 2.29. The van der Waals surface area contributed by atoms with Crippen molar-refractivity contribution >= 4 is 39.9 Å². The predicted molar refractivity (Wildman–Crippen MR) is 103 cm³/mol. The zero-order chi connectivity index (χ0) is 17.0. The number of imidazole rings is 1. The molecule has 25 heavy (non-hydrogen) atoms. The molecule has 0 amide bonds. The second-order valence-electron chi connectivity index (χ2n) is 6.05. The fourth-order valence-electron chi connectivity index (χ4n) is 3.45.